The van der Waals surface area contributed by atoms with E-state index in [1.165, 1.54) is 6.07 Å². The molecule has 1 atom stereocenters. The zero-order chi connectivity index (χ0) is 14.2. The van der Waals surface area contributed by atoms with Gasteiger partial charge >= 0.3 is 6.18 Å². The zero-order valence-corrected chi connectivity index (χ0v) is 10.8. The Balaban J connectivity index is 2.21. The summed E-state index contributed by atoms with van der Waals surface area (Å²) in [6.45, 7) is 4.21. The molecule has 1 saturated heterocycles. The molecular formula is C13H16F4N2. The van der Waals surface area contributed by atoms with Crippen LogP contribution >= 0.6 is 0 Å². The monoisotopic (exact) mass is 276 g/mol. The van der Waals surface area contributed by atoms with Gasteiger partial charge in [0.25, 0.3) is 0 Å². The maximum atomic E-state index is 13.5. The number of alkyl halides is 3. The number of halogens is 4. The summed E-state index contributed by atoms with van der Waals surface area (Å²) in [7, 11) is 2.00. The predicted octanol–water partition coefficient (Wildman–Crippen LogP) is 2.98. The van der Waals surface area contributed by atoms with Crippen LogP contribution in [0.3, 0.4) is 0 Å². The van der Waals surface area contributed by atoms with Crippen LogP contribution in [0.2, 0.25) is 0 Å². The van der Waals surface area contributed by atoms with Crippen LogP contribution in [-0.2, 0) is 6.18 Å². The van der Waals surface area contributed by atoms with Crippen molar-refractivity contribution >= 4 is 5.69 Å². The van der Waals surface area contributed by atoms with Gasteiger partial charge < -0.3 is 9.80 Å². The molecule has 1 aliphatic heterocycles. The molecule has 0 aromatic heterocycles. The molecule has 1 unspecified atom stereocenters. The first-order valence-corrected chi connectivity index (χ1v) is 6.11. The highest BCUT2D eigenvalue weighted by Gasteiger charge is 2.34. The minimum absolute atomic E-state index is 0.291. The summed E-state index contributed by atoms with van der Waals surface area (Å²) in [5.74, 6) is -1.21. The van der Waals surface area contributed by atoms with Gasteiger partial charge in [-0.25, -0.2) is 4.39 Å². The van der Waals surface area contributed by atoms with Crippen molar-refractivity contribution in [1.29, 1.82) is 0 Å². The number of hydrogen-bond acceptors (Lipinski definition) is 2. The highest BCUT2D eigenvalue weighted by atomic mass is 19.4. The fraction of sp³-hybridized carbons (Fsp3) is 0.538. The Kier molecular flexibility index (Phi) is 3.71. The van der Waals surface area contributed by atoms with Gasteiger partial charge in [-0.3, -0.25) is 0 Å². The Labute approximate surface area is 109 Å². The predicted molar refractivity (Wildman–Crippen MR) is 65.7 cm³/mol. The number of anilines is 1. The Morgan fingerprint density at radius 3 is 2.42 bits per heavy atom. The van der Waals surface area contributed by atoms with E-state index in [2.05, 4.69) is 4.90 Å². The van der Waals surface area contributed by atoms with Crippen molar-refractivity contribution in [3.63, 3.8) is 0 Å². The van der Waals surface area contributed by atoms with Gasteiger partial charge in [0.05, 0.1) is 5.56 Å². The quantitative estimate of drug-likeness (QED) is 0.728. The third-order valence-electron chi connectivity index (χ3n) is 3.58. The normalized spacial score (nSPS) is 21.8. The molecule has 1 aromatic carbocycles. The first kappa shape index (κ1) is 14.1. The molecule has 0 spiro atoms. The van der Waals surface area contributed by atoms with E-state index in [1.54, 1.807) is 0 Å². The van der Waals surface area contributed by atoms with Crippen molar-refractivity contribution in [2.45, 2.75) is 19.1 Å². The molecule has 0 aliphatic carbocycles. The molecule has 2 nitrogen and oxygen atoms in total. The number of hydrogen-bond donors (Lipinski definition) is 0. The van der Waals surface area contributed by atoms with Gasteiger partial charge in [-0.2, -0.15) is 13.2 Å². The van der Waals surface area contributed by atoms with Crippen LogP contribution in [0, 0.1) is 5.82 Å². The molecule has 0 saturated carbocycles. The molecule has 19 heavy (non-hydrogen) atoms. The van der Waals surface area contributed by atoms with E-state index in [4.69, 9.17) is 0 Å². The van der Waals surface area contributed by atoms with E-state index in [0.29, 0.717) is 24.8 Å². The van der Waals surface area contributed by atoms with Crippen LogP contribution < -0.4 is 4.90 Å². The minimum Gasteiger partial charge on any atom is -0.369 e. The van der Waals surface area contributed by atoms with Crippen LogP contribution in [0.4, 0.5) is 23.2 Å². The van der Waals surface area contributed by atoms with E-state index >= 15 is 0 Å². The van der Waals surface area contributed by atoms with E-state index < -0.39 is 17.6 Å². The summed E-state index contributed by atoms with van der Waals surface area (Å²) in [6.07, 6.45) is -4.64. The van der Waals surface area contributed by atoms with Gasteiger partial charge in [0.2, 0.25) is 0 Å². The number of likely N-dealkylation sites (N-methyl/N-ethyl adjacent to an activating group) is 1. The van der Waals surface area contributed by atoms with Gasteiger partial charge in [0.1, 0.15) is 5.82 Å². The van der Waals surface area contributed by atoms with Crippen molar-refractivity contribution in [1.82, 2.24) is 4.90 Å². The topological polar surface area (TPSA) is 6.48 Å². The van der Waals surface area contributed by atoms with E-state index in [0.717, 1.165) is 18.7 Å². The van der Waals surface area contributed by atoms with Crippen molar-refractivity contribution in [3.05, 3.63) is 29.6 Å². The summed E-state index contributed by atoms with van der Waals surface area (Å²) >= 11 is 0. The second kappa shape index (κ2) is 5.00. The van der Waals surface area contributed by atoms with Crippen LogP contribution in [0.5, 0.6) is 0 Å². The summed E-state index contributed by atoms with van der Waals surface area (Å²) in [5, 5.41) is 0. The maximum Gasteiger partial charge on any atom is 0.419 e. The second-order valence-electron chi connectivity index (χ2n) is 4.94. The summed E-state index contributed by atoms with van der Waals surface area (Å²) < 4.78 is 50.9. The summed E-state index contributed by atoms with van der Waals surface area (Å²) in [5.41, 5.74) is -0.705. The second-order valence-corrected chi connectivity index (χ2v) is 4.94. The van der Waals surface area contributed by atoms with Gasteiger partial charge in [0, 0.05) is 31.4 Å². The minimum atomic E-state index is -4.64. The first-order chi connectivity index (χ1) is 8.79. The fourth-order valence-corrected chi connectivity index (χ4v) is 2.21. The molecule has 2 rings (SSSR count). The number of nitrogens with zero attached hydrogens (tertiary/aromatic N) is 2. The lowest BCUT2D eigenvalue weighted by atomic mass is 10.1. The van der Waals surface area contributed by atoms with Crippen molar-refractivity contribution < 1.29 is 17.6 Å². The van der Waals surface area contributed by atoms with E-state index in [9.17, 15) is 17.6 Å². The standard InChI is InChI=1S/C13H16F4N2/c1-9-8-19(6-5-18(9)2)10-3-4-11(12(14)7-10)13(15,16)17/h3-4,7,9H,5-6,8H2,1-2H3. The average molecular weight is 276 g/mol. The van der Waals surface area contributed by atoms with E-state index in [-0.39, 0.29) is 0 Å². The largest absolute Gasteiger partial charge is 0.419 e. The Morgan fingerprint density at radius 2 is 1.89 bits per heavy atom. The molecule has 0 amide bonds. The molecule has 6 heteroatoms. The van der Waals surface area contributed by atoms with Gasteiger partial charge in [-0.05, 0) is 32.2 Å². The Bertz CT molecular complexity index is 458. The lowest BCUT2D eigenvalue weighted by Gasteiger charge is -2.39. The smallest absolute Gasteiger partial charge is 0.369 e. The number of benzene rings is 1. The first-order valence-electron chi connectivity index (χ1n) is 6.11. The summed E-state index contributed by atoms with van der Waals surface area (Å²) in [6, 6.07) is 3.41. The van der Waals surface area contributed by atoms with Crippen LogP contribution in [0.25, 0.3) is 0 Å². The van der Waals surface area contributed by atoms with Gasteiger partial charge in [0.15, 0.2) is 0 Å². The fourth-order valence-electron chi connectivity index (χ4n) is 2.21. The highest BCUT2D eigenvalue weighted by molar-refractivity contribution is 5.49. The lowest BCUT2D eigenvalue weighted by molar-refractivity contribution is -0.139. The molecule has 1 aromatic rings. The van der Waals surface area contributed by atoms with Gasteiger partial charge in [-0.15, -0.1) is 0 Å². The molecule has 1 aliphatic rings. The van der Waals surface area contributed by atoms with Crippen molar-refractivity contribution in [2.75, 3.05) is 31.6 Å². The SMILES string of the molecule is CC1CN(c2ccc(C(F)(F)F)c(F)c2)CCN1C. The van der Waals surface area contributed by atoms with Crippen molar-refractivity contribution in [3.8, 4) is 0 Å². The molecule has 0 radical (unpaired) electrons. The molecule has 0 N–H and O–H groups in total. The molecule has 106 valence electrons. The molecule has 1 fully saturated rings. The third kappa shape index (κ3) is 3.00. The number of piperazine rings is 1. The molecule has 1 heterocycles. The number of rotatable bonds is 1. The zero-order valence-electron chi connectivity index (χ0n) is 10.8. The lowest BCUT2D eigenvalue weighted by Crippen LogP contribution is -2.50. The summed E-state index contributed by atoms with van der Waals surface area (Å²) in [4.78, 5) is 4.07. The third-order valence-corrected chi connectivity index (χ3v) is 3.58. The molecular weight excluding hydrogens is 260 g/mol. The Hall–Kier alpha value is -1.30. The maximum absolute atomic E-state index is 13.5. The van der Waals surface area contributed by atoms with E-state index in [1.807, 2.05) is 18.9 Å². The van der Waals surface area contributed by atoms with Crippen LogP contribution in [0.15, 0.2) is 18.2 Å². The average Bonchev–Trinajstić information content (AvgIpc) is 2.31. The van der Waals surface area contributed by atoms with Crippen LogP contribution in [0.1, 0.15) is 12.5 Å². The van der Waals surface area contributed by atoms with Crippen LogP contribution in [-0.4, -0.2) is 37.6 Å². The van der Waals surface area contributed by atoms with Gasteiger partial charge in [-0.1, -0.05) is 0 Å². The highest BCUT2D eigenvalue weighted by Crippen LogP contribution is 2.33. The Morgan fingerprint density at radius 1 is 1.21 bits per heavy atom. The molecule has 0 bridgehead atoms. The van der Waals surface area contributed by atoms with Crippen molar-refractivity contribution in [2.24, 2.45) is 0 Å².